The van der Waals surface area contributed by atoms with Crippen molar-refractivity contribution in [2.75, 3.05) is 20.7 Å². The van der Waals surface area contributed by atoms with Gasteiger partial charge in [0.15, 0.2) is 5.96 Å². The van der Waals surface area contributed by atoms with Crippen molar-refractivity contribution in [2.24, 2.45) is 4.99 Å². The lowest BCUT2D eigenvalue weighted by molar-refractivity contribution is 0.0599. The first-order chi connectivity index (χ1) is 13.0. The average molecular weight is 373 g/mol. The van der Waals surface area contributed by atoms with Crippen LogP contribution in [0, 0.1) is 12.7 Å². The number of aryl methyl sites for hydroxylation is 1. The van der Waals surface area contributed by atoms with Crippen LogP contribution in [0.4, 0.5) is 4.39 Å². The maximum absolute atomic E-state index is 13.5. The van der Waals surface area contributed by atoms with Gasteiger partial charge in [-0.25, -0.2) is 9.18 Å². The molecule has 1 aromatic heterocycles. The number of aliphatic imine (C=N–C) groups is 1. The molecule has 1 fully saturated rings. The maximum Gasteiger partial charge on any atom is 0.341 e. The minimum Gasteiger partial charge on any atom is -0.465 e. The summed E-state index contributed by atoms with van der Waals surface area (Å²) in [4.78, 5) is 15.9. The van der Waals surface area contributed by atoms with Crippen LogP contribution in [0.1, 0.15) is 40.3 Å². The van der Waals surface area contributed by atoms with Crippen LogP contribution >= 0.6 is 0 Å². The van der Waals surface area contributed by atoms with Crippen molar-refractivity contribution in [1.82, 2.24) is 10.6 Å². The fourth-order valence-electron chi connectivity index (χ4n) is 3.12. The number of esters is 1. The van der Waals surface area contributed by atoms with Crippen molar-refractivity contribution in [3.05, 3.63) is 58.8 Å². The first-order valence-corrected chi connectivity index (χ1v) is 8.85. The molecule has 0 radical (unpaired) electrons. The minimum absolute atomic E-state index is 0.0426. The number of nitrogens with zero attached hydrogens (tertiary/aromatic N) is 1. The molecule has 3 rings (SSSR count). The van der Waals surface area contributed by atoms with Gasteiger partial charge in [0.1, 0.15) is 22.9 Å². The Bertz CT molecular complexity index is 856. The van der Waals surface area contributed by atoms with Crippen molar-refractivity contribution in [3.63, 3.8) is 0 Å². The van der Waals surface area contributed by atoms with E-state index in [1.165, 1.54) is 13.2 Å². The Morgan fingerprint density at radius 2 is 2.11 bits per heavy atom. The van der Waals surface area contributed by atoms with Crippen LogP contribution in [0.3, 0.4) is 0 Å². The molecule has 0 bridgehead atoms. The van der Waals surface area contributed by atoms with E-state index in [-0.39, 0.29) is 11.2 Å². The van der Waals surface area contributed by atoms with Gasteiger partial charge < -0.3 is 19.8 Å². The Morgan fingerprint density at radius 1 is 1.33 bits per heavy atom. The highest BCUT2D eigenvalue weighted by molar-refractivity contribution is 5.90. The number of benzene rings is 1. The van der Waals surface area contributed by atoms with Crippen LogP contribution in [0.25, 0.3) is 0 Å². The second-order valence-corrected chi connectivity index (χ2v) is 6.74. The molecule has 1 aromatic carbocycles. The number of furan rings is 1. The number of halogens is 1. The normalized spacial score (nSPS) is 15.3. The Balaban J connectivity index is 1.57. The predicted molar refractivity (Wildman–Crippen MR) is 100 cm³/mol. The molecule has 1 aliphatic carbocycles. The number of rotatable bonds is 6. The fourth-order valence-corrected chi connectivity index (χ4v) is 3.12. The number of nitrogens with one attached hydrogen (secondary N) is 2. The largest absolute Gasteiger partial charge is 0.465 e. The van der Waals surface area contributed by atoms with Crippen molar-refractivity contribution in [1.29, 1.82) is 0 Å². The number of ether oxygens (including phenoxy) is 1. The van der Waals surface area contributed by atoms with Crippen molar-refractivity contribution < 1.29 is 18.3 Å². The SMILES string of the molecule is CN=C(NCc1cc(C(=O)OC)c(C)o1)NCC1(c2cccc(F)c2)CC1. The van der Waals surface area contributed by atoms with Gasteiger partial charge in [-0.2, -0.15) is 0 Å². The van der Waals surface area contributed by atoms with Crippen LogP contribution in [-0.2, 0) is 16.7 Å². The van der Waals surface area contributed by atoms with Gasteiger partial charge in [0.25, 0.3) is 0 Å². The molecular formula is C20H24FN3O3. The molecule has 7 heteroatoms. The highest BCUT2D eigenvalue weighted by atomic mass is 19.1. The molecule has 0 spiro atoms. The Morgan fingerprint density at radius 3 is 2.74 bits per heavy atom. The number of hydrogen-bond donors (Lipinski definition) is 2. The lowest BCUT2D eigenvalue weighted by atomic mass is 9.96. The molecule has 1 aliphatic rings. The number of hydrogen-bond acceptors (Lipinski definition) is 4. The highest BCUT2D eigenvalue weighted by Crippen LogP contribution is 2.47. The third-order valence-corrected chi connectivity index (χ3v) is 4.91. The lowest BCUT2D eigenvalue weighted by Crippen LogP contribution is -2.40. The lowest BCUT2D eigenvalue weighted by Gasteiger charge is -2.19. The Kier molecular flexibility index (Phi) is 5.48. The highest BCUT2D eigenvalue weighted by Gasteiger charge is 2.44. The number of guanidine groups is 1. The molecule has 2 aromatic rings. The van der Waals surface area contributed by atoms with E-state index in [0.29, 0.717) is 36.1 Å². The summed E-state index contributed by atoms with van der Waals surface area (Å²) in [5, 5.41) is 6.46. The molecule has 0 aliphatic heterocycles. The van der Waals surface area contributed by atoms with Crippen LogP contribution in [0.2, 0.25) is 0 Å². The number of methoxy groups -OCH3 is 1. The van der Waals surface area contributed by atoms with Gasteiger partial charge in [0, 0.05) is 19.0 Å². The standard InChI is InChI=1S/C20H24FN3O3/c1-13-17(18(25)26-3)10-16(27-13)11-23-19(22-2)24-12-20(7-8-20)14-5-4-6-15(21)9-14/h4-6,9-10H,7-8,11-12H2,1-3H3,(H2,22,23,24). The average Bonchev–Trinajstić information content (AvgIpc) is 3.37. The maximum atomic E-state index is 13.5. The van der Waals surface area contributed by atoms with E-state index in [4.69, 9.17) is 9.15 Å². The van der Waals surface area contributed by atoms with E-state index in [9.17, 15) is 9.18 Å². The van der Waals surface area contributed by atoms with E-state index in [1.54, 1.807) is 32.2 Å². The number of carbonyl (C=O) groups is 1. The predicted octanol–water partition coefficient (Wildman–Crippen LogP) is 2.91. The van der Waals surface area contributed by atoms with Crippen LogP contribution in [0.5, 0.6) is 0 Å². The summed E-state index contributed by atoms with van der Waals surface area (Å²) >= 11 is 0. The van der Waals surface area contributed by atoms with Crippen molar-refractivity contribution in [3.8, 4) is 0 Å². The van der Waals surface area contributed by atoms with Gasteiger partial charge in [-0.3, -0.25) is 4.99 Å². The zero-order valence-corrected chi connectivity index (χ0v) is 15.8. The van der Waals surface area contributed by atoms with E-state index in [1.807, 2.05) is 6.07 Å². The quantitative estimate of drug-likeness (QED) is 0.463. The van der Waals surface area contributed by atoms with Crippen molar-refractivity contribution >= 4 is 11.9 Å². The fraction of sp³-hybridized carbons (Fsp3) is 0.400. The van der Waals surface area contributed by atoms with E-state index in [0.717, 1.165) is 18.4 Å². The monoisotopic (exact) mass is 373 g/mol. The zero-order chi connectivity index (χ0) is 19.4. The van der Waals surface area contributed by atoms with Gasteiger partial charge in [0.2, 0.25) is 0 Å². The third kappa shape index (κ3) is 4.30. The molecule has 1 saturated carbocycles. The zero-order valence-electron chi connectivity index (χ0n) is 15.8. The van der Waals surface area contributed by atoms with Gasteiger partial charge >= 0.3 is 5.97 Å². The van der Waals surface area contributed by atoms with Gasteiger partial charge in [0.05, 0.1) is 13.7 Å². The Hall–Kier alpha value is -2.83. The van der Waals surface area contributed by atoms with E-state index in [2.05, 4.69) is 15.6 Å². The smallest absolute Gasteiger partial charge is 0.341 e. The molecule has 27 heavy (non-hydrogen) atoms. The van der Waals surface area contributed by atoms with E-state index < -0.39 is 5.97 Å². The summed E-state index contributed by atoms with van der Waals surface area (Å²) < 4.78 is 23.8. The molecule has 2 N–H and O–H groups in total. The summed E-state index contributed by atoms with van der Waals surface area (Å²) in [6, 6.07) is 8.44. The molecular weight excluding hydrogens is 349 g/mol. The van der Waals surface area contributed by atoms with Crippen LogP contribution in [0.15, 0.2) is 39.7 Å². The first-order valence-electron chi connectivity index (χ1n) is 8.85. The molecule has 0 atom stereocenters. The molecule has 144 valence electrons. The summed E-state index contributed by atoms with van der Waals surface area (Å²) in [6.07, 6.45) is 2.03. The molecule has 1 heterocycles. The molecule has 0 amide bonds. The summed E-state index contributed by atoms with van der Waals surface area (Å²) in [5.74, 6) is 1.12. The second-order valence-electron chi connectivity index (χ2n) is 6.74. The Labute approximate surface area is 157 Å². The first kappa shape index (κ1) is 18.9. The van der Waals surface area contributed by atoms with Crippen LogP contribution in [-0.4, -0.2) is 32.6 Å². The summed E-state index contributed by atoms with van der Waals surface area (Å²) in [7, 11) is 3.02. The summed E-state index contributed by atoms with van der Waals surface area (Å²) in [6.45, 7) is 2.77. The topological polar surface area (TPSA) is 75.9 Å². The molecule has 6 nitrogen and oxygen atoms in total. The van der Waals surface area contributed by atoms with Gasteiger partial charge in [-0.15, -0.1) is 0 Å². The van der Waals surface area contributed by atoms with Gasteiger partial charge in [-0.1, -0.05) is 12.1 Å². The van der Waals surface area contributed by atoms with Crippen LogP contribution < -0.4 is 10.6 Å². The van der Waals surface area contributed by atoms with Crippen molar-refractivity contribution in [2.45, 2.75) is 31.7 Å². The summed E-state index contributed by atoms with van der Waals surface area (Å²) in [5.41, 5.74) is 1.38. The number of carbonyl (C=O) groups excluding carboxylic acids is 1. The second kappa shape index (κ2) is 7.82. The van der Waals surface area contributed by atoms with E-state index >= 15 is 0 Å². The third-order valence-electron chi connectivity index (χ3n) is 4.91. The molecule has 0 saturated heterocycles. The van der Waals surface area contributed by atoms with Gasteiger partial charge in [-0.05, 0) is 43.5 Å². The minimum atomic E-state index is -0.421. The molecule has 0 unspecified atom stereocenters.